The van der Waals surface area contributed by atoms with E-state index in [2.05, 4.69) is 22.5 Å². The van der Waals surface area contributed by atoms with E-state index >= 15 is 0 Å². The molecule has 2 rings (SSSR count). The van der Waals surface area contributed by atoms with Crippen LogP contribution in [-0.2, 0) is 4.79 Å². The maximum Gasteiger partial charge on any atom is 0.237 e. The second-order valence-electron chi connectivity index (χ2n) is 5.45. The van der Waals surface area contributed by atoms with Crippen LogP contribution in [0.3, 0.4) is 0 Å². The lowest BCUT2D eigenvalue weighted by Gasteiger charge is -2.24. The lowest BCUT2D eigenvalue weighted by Crippen LogP contribution is -2.45. The van der Waals surface area contributed by atoms with E-state index in [1.165, 1.54) is 0 Å². The molecular formula is C13H25N3O. The van der Waals surface area contributed by atoms with E-state index in [9.17, 15) is 4.79 Å². The number of hydrogen-bond donors (Lipinski definition) is 2. The molecule has 1 unspecified atom stereocenters. The van der Waals surface area contributed by atoms with Gasteiger partial charge in [0.15, 0.2) is 0 Å². The molecular weight excluding hydrogens is 214 g/mol. The molecule has 0 bridgehead atoms. The number of unbranched alkanes of at least 4 members (excludes halogenated alkanes) is 1. The van der Waals surface area contributed by atoms with Crippen LogP contribution in [0.15, 0.2) is 0 Å². The molecule has 2 aliphatic heterocycles. The number of fused-ring (bicyclic) bond motifs is 1. The molecule has 0 aromatic heterocycles. The van der Waals surface area contributed by atoms with E-state index in [-0.39, 0.29) is 11.9 Å². The summed E-state index contributed by atoms with van der Waals surface area (Å²) < 4.78 is 0. The number of nitrogens with one attached hydrogen (secondary N) is 2. The van der Waals surface area contributed by atoms with Gasteiger partial charge in [-0.3, -0.25) is 9.69 Å². The summed E-state index contributed by atoms with van der Waals surface area (Å²) in [7, 11) is 0. The molecule has 3 atom stereocenters. The first-order valence-electron chi connectivity index (χ1n) is 6.94. The second kappa shape index (κ2) is 5.83. The lowest BCUT2D eigenvalue weighted by atomic mass is 10.0. The lowest BCUT2D eigenvalue weighted by molar-refractivity contribution is -0.125. The molecule has 2 saturated heterocycles. The van der Waals surface area contributed by atoms with Crippen LogP contribution < -0.4 is 10.6 Å². The molecule has 1 amide bonds. The van der Waals surface area contributed by atoms with Crippen molar-refractivity contribution in [1.29, 1.82) is 0 Å². The molecule has 2 N–H and O–H groups in total. The van der Waals surface area contributed by atoms with Crippen LogP contribution in [0.5, 0.6) is 0 Å². The molecule has 4 heteroatoms. The van der Waals surface area contributed by atoms with Crippen LogP contribution in [0, 0.1) is 11.8 Å². The molecule has 0 saturated carbocycles. The van der Waals surface area contributed by atoms with Gasteiger partial charge in [-0.25, -0.2) is 0 Å². The van der Waals surface area contributed by atoms with E-state index < -0.39 is 0 Å². The quantitative estimate of drug-likeness (QED) is 0.684. The van der Waals surface area contributed by atoms with Gasteiger partial charge in [-0.15, -0.1) is 0 Å². The number of nitrogens with zero attached hydrogens (tertiary/aromatic N) is 1. The number of amides is 1. The molecule has 4 nitrogen and oxygen atoms in total. The van der Waals surface area contributed by atoms with E-state index in [0.29, 0.717) is 0 Å². The Morgan fingerprint density at radius 2 is 2.06 bits per heavy atom. The second-order valence-corrected chi connectivity index (χ2v) is 5.45. The van der Waals surface area contributed by atoms with Crippen molar-refractivity contribution in [2.45, 2.75) is 32.7 Å². The fraction of sp³-hybridized carbons (Fsp3) is 0.923. The van der Waals surface area contributed by atoms with Crippen molar-refractivity contribution in [3.8, 4) is 0 Å². The predicted octanol–water partition coefficient (Wildman–Crippen LogP) is 0.442. The predicted molar refractivity (Wildman–Crippen MR) is 68.8 cm³/mol. The Morgan fingerprint density at radius 3 is 2.65 bits per heavy atom. The Labute approximate surface area is 104 Å². The van der Waals surface area contributed by atoms with Gasteiger partial charge in [0.05, 0.1) is 6.04 Å². The minimum absolute atomic E-state index is 0.0393. The Balaban J connectivity index is 1.76. The first kappa shape index (κ1) is 12.8. The van der Waals surface area contributed by atoms with Crippen molar-refractivity contribution in [1.82, 2.24) is 15.5 Å². The summed E-state index contributed by atoms with van der Waals surface area (Å²) in [6, 6.07) is 0.0393. The van der Waals surface area contributed by atoms with Crippen molar-refractivity contribution < 1.29 is 4.79 Å². The number of carbonyl (C=O) groups excluding carboxylic acids is 1. The molecule has 0 radical (unpaired) electrons. The first-order chi connectivity index (χ1) is 8.22. The van der Waals surface area contributed by atoms with E-state index in [1.807, 2.05) is 6.92 Å². The highest BCUT2D eigenvalue weighted by molar-refractivity contribution is 5.81. The number of rotatable bonds is 5. The molecule has 2 fully saturated rings. The van der Waals surface area contributed by atoms with Gasteiger partial charge in [-0.2, -0.15) is 0 Å². The Kier molecular flexibility index (Phi) is 4.40. The third kappa shape index (κ3) is 2.99. The fourth-order valence-corrected chi connectivity index (χ4v) is 2.91. The Morgan fingerprint density at radius 1 is 1.41 bits per heavy atom. The molecule has 0 aliphatic carbocycles. The summed E-state index contributed by atoms with van der Waals surface area (Å²) in [5.74, 6) is 1.73. The van der Waals surface area contributed by atoms with Crippen molar-refractivity contribution in [3.63, 3.8) is 0 Å². The topological polar surface area (TPSA) is 44.4 Å². The van der Waals surface area contributed by atoms with Gasteiger partial charge in [0.2, 0.25) is 5.91 Å². The zero-order chi connectivity index (χ0) is 12.3. The standard InChI is InChI=1S/C13H25N3O/c1-3-4-5-15-13(17)10(2)16-8-11-6-14-7-12(11)9-16/h10-12,14H,3-9H2,1-2H3,(H,15,17)/t10?,11-,12+. The van der Waals surface area contributed by atoms with Crippen LogP contribution >= 0.6 is 0 Å². The largest absolute Gasteiger partial charge is 0.355 e. The molecule has 0 aromatic rings. The summed E-state index contributed by atoms with van der Waals surface area (Å²) in [6.07, 6.45) is 2.21. The summed E-state index contributed by atoms with van der Waals surface area (Å²) in [6.45, 7) is 9.43. The van der Waals surface area contributed by atoms with Gasteiger partial charge < -0.3 is 10.6 Å². The zero-order valence-corrected chi connectivity index (χ0v) is 11.0. The number of likely N-dealkylation sites (tertiary alicyclic amines) is 1. The smallest absolute Gasteiger partial charge is 0.237 e. The zero-order valence-electron chi connectivity index (χ0n) is 11.0. The summed E-state index contributed by atoms with van der Waals surface area (Å²) in [5, 5.41) is 6.46. The van der Waals surface area contributed by atoms with Crippen LogP contribution in [0.4, 0.5) is 0 Å². The summed E-state index contributed by atoms with van der Waals surface area (Å²) in [5.41, 5.74) is 0. The molecule has 0 spiro atoms. The van der Waals surface area contributed by atoms with E-state index in [4.69, 9.17) is 0 Å². The molecule has 17 heavy (non-hydrogen) atoms. The fourth-order valence-electron chi connectivity index (χ4n) is 2.91. The van der Waals surface area contributed by atoms with Gasteiger partial charge >= 0.3 is 0 Å². The Bertz CT molecular complexity index is 257. The Hall–Kier alpha value is -0.610. The van der Waals surface area contributed by atoms with Crippen LogP contribution in [-0.4, -0.2) is 49.6 Å². The first-order valence-corrected chi connectivity index (χ1v) is 6.94. The van der Waals surface area contributed by atoms with Gasteiger partial charge in [0.25, 0.3) is 0 Å². The van der Waals surface area contributed by atoms with Crippen molar-refractivity contribution in [3.05, 3.63) is 0 Å². The molecule has 2 aliphatic rings. The van der Waals surface area contributed by atoms with Crippen molar-refractivity contribution in [2.75, 3.05) is 32.7 Å². The van der Waals surface area contributed by atoms with Crippen molar-refractivity contribution >= 4 is 5.91 Å². The monoisotopic (exact) mass is 239 g/mol. The third-order valence-corrected chi connectivity index (χ3v) is 4.17. The SMILES string of the molecule is CCCCNC(=O)C(C)N1C[C@H]2CNC[C@H]2C1. The molecule has 2 heterocycles. The highest BCUT2D eigenvalue weighted by Gasteiger charge is 2.39. The number of carbonyl (C=O) groups is 1. The number of hydrogen-bond acceptors (Lipinski definition) is 3. The van der Waals surface area contributed by atoms with Crippen LogP contribution in [0.1, 0.15) is 26.7 Å². The van der Waals surface area contributed by atoms with Gasteiger partial charge in [0.1, 0.15) is 0 Å². The highest BCUT2D eigenvalue weighted by Crippen LogP contribution is 2.27. The van der Waals surface area contributed by atoms with Crippen LogP contribution in [0.25, 0.3) is 0 Å². The minimum atomic E-state index is 0.0393. The average Bonchev–Trinajstić information content (AvgIpc) is 2.88. The van der Waals surface area contributed by atoms with Gasteiger partial charge in [-0.05, 0) is 38.3 Å². The third-order valence-electron chi connectivity index (χ3n) is 4.17. The molecule has 0 aromatic carbocycles. The normalized spacial score (nSPS) is 30.2. The van der Waals surface area contributed by atoms with Crippen LogP contribution in [0.2, 0.25) is 0 Å². The summed E-state index contributed by atoms with van der Waals surface area (Å²) >= 11 is 0. The average molecular weight is 239 g/mol. The minimum Gasteiger partial charge on any atom is -0.355 e. The van der Waals surface area contributed by atoms with Gasteiger partial charge in [-0.1, -0.05) is 13.3 Å². The van der Waals surface area contributed by atoms with E-state index in [0.717, 1.165) is 57.4 Å². The van der Waals surface area contributed by atoms with Gasteiger partial charge in [0, 0.05) is 19.6 Å². The summed E-state index contributed by atoms with van der Waals surface area (Å²) in [4.78, 5) is 14.3. The highest BCUT2D eigenvalue weighted by atomic mass is 16.2. The van der Waals surface area contributed by atoms with Crippen molar-refractivity contribution in [2.24, 2.45) is 11.8 Å². The molecule has 98 valence electrons. The maximum absolute atomic E-state index is 12.0. The maximum atomic E-state index is 12.0. The van der Waals surface area contributed by atoms with E-state index in [1.54, 1.807) is 0 Å².